The number of aromatic nitrogens is 1. The predicted octanol–water partition coefficient (Wildman–Crippen LogP) is 2.91. The maximum absolute atomic E-state index is 12.5. The van der Waals surface area contributed by atoms with E-state index in [1.807, 2.05) is 17.5 Å². The SMILES string of the molecule is N#Cc1ccsc1N1CC[C@@H](Sc2ccncc2)C1=O. The van der Waals surface area contributed by atoms with Crippen LogP contribution in [-0.2, 0) is 4.79 Å². The molecule has 1 fully saturated rings. The molecule has 0 N–H and O–H groups in total. The molecule has 6 heteroatoms. The third-order valence-electron chi connectivity index (χ3n) is 3.09. The Morgan fingerprint density at radius 2 is 2.20 bits per heavy atom. The fourth-order valence-corrected chi connectivity index (χ4v) is 4.08. The smallest absolute Gasteiger partial charge is 0.241 e. The number of thiophene rings is 1. The van der Waals surface area contributed by atoms with Crippen LogP contribution in [0.2, 0.25) is 0 Å². The van der Waals surface area contributed by atoms with Gasteiger partial charge in [-0.25, -0.2) is 0 Å². The van der Waals surface area contributed by atoms with Gasteiger partial charge in [-0.3, -0.25) is 9.78 Å². The zero-order chi connectivity index (χ0) is 13.9. The monoisotopic (exact) mass is 301 g/mol. The number of hydrogen-bond donors (Lipinski definition) is 0. The highest BCUT2D eigenvalue weighted by Gasteiger charge is 2.34. The molecule has 0 saturated carbocycles. The molecule has 3 rings (SSSR count). The Hall–Kier alpha value is -1.84. The Bertz CT molecular complexity index is 663. The molecular weight excluding hydrogens is 290 g/mol. The van der Waals surface area contributed by atoms with Crippen molar-refractivity contribution in [1.29, 1.82) is 5.26 Å². The first kappa shape index (κ1) is 13.2. The van der Waals surface area contributed by atoms with Crippen LogP contribution in [0.5, 0.6) is 0 Å². The van der Waals surface area contributed by atoms with Crippen molar-refractivity contribution in [2.75, 3.05) is 11.4 Å². The molecule has 0 aliphatic carbocycles. The number of nitrogens with zero attached hydrogens (tertiary/aromatic N) is 3. The predicted molar refractivity (Wildman–Crippen MR) is 79.9 cm³/mol. The van der Waals surface area contributed by atoms with Gasteiger partial charge in [0.2, 0.25) is 5.91 Å². The van der Waals surface area contributed by atoms with Gasteiger partial charge in [0.15, 0.2) is 0 Å². The van der Waals surface area contributed by atoms with E-state index in [4.69, 9.17) is 5.26 Å². The number of nitriles is 1. The molecular formula is C14H11N3OS2. The lowest BCUT2D eigenvalue weighted by molar-refractivity contribution is -0.116. The summed E-state index contributed by atoms with van der Waals surface area (Å²) in [4.78, 5) is 19.2. The first-order valence-corrected chi connectivity index (χ1v) is 7.91. The van der Waals surface area contributed by atoms with E-state index in [1.165, 1.54) is 11.3 Å². The zero-order valence-electron chi connectivity index (χ0n) is 10.5. The molecule has 1 amide bonds. The van der Waals surface area contributed by atoms with Crippen molar-refractivity contribution in [2.45, 2.75) is 16.6 Å². The second-order valence-corrected chi connectivity index (χ2v) is 6.49. The van der Waals surface area contributed by atoms with Gasteiger partial charge in [0.05, 0.1) is 10.8 Å². The standard InChI is InChI=1S/C14H11N3OS2/c15-9-10-4-8-19-14(10)17-7-3-12(13(17)18)20-11-1-5-16-6-2-11/h1-2,4-6,8,12H,3,7H2/t12-/m1/s1. The Morgan fingerprint density at radius 1 is 1.40 bits per heavy atom. The summed E-state index contributed by atoms with van der Waals surface area (Å²) < 4.78 is 0. The minimum Gasteiger partial charge on any atom is -0.302 e. The van der Waals surface area contributed by atoms with Gasteiger partial charge in [0, 0.05) is 23.8 Å². The van der Waals surface area contributed by atoms with Crippen LogP contribution in [0.1, 0.15) is 12.0 Å². The maximum atomic E-state index is 12.5. The van der Waals surface area contributed by atoms with E-state index in [9.17, 15) is 4.79 Å². The van der Waals surface area contributed by atoms with E-state index >= 15 is 0 Å². The quantitative estimate of drug-likeness (QED) is 0.874. The van der Waals surface area contributed by atoms with Crippen LogP contribution in [0.15, 0.2) is 40.9 Å². The van der Waals surface area contributed by atoms with Crippen molar-refractivity contribution in [3.8, 4) is 6.07 Å². The summed E-state index contributed by atoms with van der Waals surface area (Å²) in [7, 11) is 0. The minimum absolute atomic E-state index is 0.0777. The van der Waals surface area contributed by atoms with E-state index in [-0.39, 0.29) is 11.2 Å². The molecule has 1 aliphatic rings. The molecule has 1 atom stereocenters. The molecule has 1 saturated heterocycles. The highest BCUT2D eigenvalue weighted by molar-refractivity contribution is 8.00. The van der Waals surface area contributed by atoms with Crippen LogP contribution in [0.3, 0.4) is 0 Å². The average molecular weight is 301 g/mol. The van der Waals surface area contributed by atoms with Gasteiger partial charge < -0.3 is 4.90 Å². The number of carbonyl (C=O) groups is 1. The van der Waals surface area contributed by atoms with Gasteiger partial charge in [0.1, 0.15) is 11.1 Å². The van der Waals surface area contributed by atoms with Crippen LogP contribution in [0, 0.1) is 11.3 Å². The molecule has 0 spiro atoms. The topological polar surface area (TPSA) is 57.0 Å². The molecule has 100 valence electrons. The number of thioether (sulfide) groups is 1. The van der Waals surface area contributed by atoms with Crippen LogP contribution in [-0.4, -0.2) is 22.7 Å². The number of carbonyl (C=O) groups excluding carboxylic acids is 1. The van der Waals surface area contributed by atoms with Crippen LogP contribution in [0.25, 0.3) is 0 Å². The van der Waals surface area contributed by atoms with Crippen molar-refractivity contribution in [2.24, 2.45) is 0 Å². The molecule has 0 radical (unpaired) electrons. The Labute approximate surface area is 125 Å². The van der Waals surface area contributed by atoms with Crippen molar-refractivity contribution in [1.82, 2.24) is 4.98 Å². The fourth-order valence-electron chi connectivity index (χ4n) is 2.14. The third kappa shape index (κ3) is 2.42. The Morgan fingerprint density at radius 3 is 2.95 bits per heavy atom. The molecule has 0 aromatic carbocycles. The van der Waals surface area contributed by atoms with Crippen LogP contribution in [0.4, 0.5) is 5.00 Å². The summed E-state index contributed by atoms with van der Waals surface area (Å²) in [5.74, 6) is 0.0887. The number of hydrogen-bond acceptors (Lipinski definition) is 5. The van der Waals surface area contributed by atoms with Crippen LogP contribution < -0.4 is 4.90 Å². The van der Waals surface area contributed by atoms with E-state index in [0.29, 0.717) is 12.1 Å². The van der Waals surface area contributed by atoms with Gasteiger partial charge in [-0.1, -0.05) is 0 Å². The number of rotatable bonds is 3. The summed E-state index contributed by atoms with van der Waals surface area (Å²) in [6.07, 6.45) is 4.26. The van der Waals surface area contributed by atoms with Gasteiger partial charge in [-0.05, 0) is 30.0 Å². The Balaban J connectivity index is 1.76. The van der Waals surface area contributed by atoms with Crippen molar-refractivity contribution < 1.29 is 4.79 Å². The first-order chi connectivity index (χ1) is 9.79. The highest BCUT2D eigenvalue weighted by Crippen LogP contribution is 2.36. The summed E-state index contributed by atoms with van der Waals surface area (Å²) in [5, 5.41) is 11.6. The molecule has 2 aromatic heterocycles. The van der Waals surface area contributed by atoms with Gasteiger partial charge in [-0.15, -0.1) is 23.1 Å². The largest absolute Gasteiger partial charge is 0.302 e. The van der Waals surface area contributed by atoms with E-state index < -0.39 is 0 Å². The molecule has 0 bridgehead atoms. The fraction of sp³-hybridized carbons (Fsp3) is 0.214. The van der Waals surface area contributed by atoms with E-state index in [1.54, 1.807) is 35.1 Å². The van der Waals surface area contributed by atoms with Crippen LogP contribution >= 0.6 is 23.1 Å². The lowest BCUT2D eigenvalue weighted by Crippen LogP contribution is -2.27. The lowest BCUT2D eigenvalue weighted by atomic mass is 10.3. The van der Waals surface area contributed by atoms with Crippen molar-refractivity contribution in [3.63, 3.8) is 0 Å². The molecule has 0 unspecified atom stereocenters. The molecule has 2 aromatic rings. The van der Waals surface area contributed by atoms with Gasteiger partial charge in [-0.2, -0.15) is 5.26 Å². The number of amides is 1. The molecule has 3 heterocycles. The number of pyridine rings is 1. The second kappa shape index (κ2) is 5.65. The first-order valence-electron chi connectivity index (χ1n) is 6.15. The third-order valence-corrected chi connectivity index (χ3v) is 5.30. The van der Waals surface area contributed by atoms with Crippen molar-refractivity contribution >= 4 is 34.0 Å². The zero-order valence-corrected chi connectivity index (χ0v) is 12.2. The van der Waals surface area contributed by atoms with Gasteiger partial charge in [0.25, 0.3) is 0 Å². The Kier molecular flexibility index (Phi) is 3.72. The molecule has 4 nitrogen and oxygen atoms in total. The molecule has 1 aliphatic heterocycles. The summed E-state index contributed by atoms with van der Waals surface area (Å²) in [5.41, 5.74) is 0.581. The maximum Gasteiger partial charge on any atom is 0.241 e. The molecule has 20 heavy (non-hydrogen) atoms. The second-order valence-electron chi connectivity index (χ2n) is 4.32. The normalized spacial score (nSPS) is 18.2. The van der Waals surface area contributed by atoms with Gasteiger partial charge >= 0.3 is 0 Å². The van der Waals surface area contributed by atoms with Crippen molar-refractivity contribution in [3.05, 3.63) is 41.5 Å². The summed E-state index contributed by atoms with van der Waals surface area (Å²) in [6, 6.07) is 7.72. The average Bonchev–Trinajstić information content (AvgIpc) is 3.07. The number of anilines is 1. The minimum atomic E-state index is -0.0777. The lowest BCUT2D eigenvalue weighted by Gasteiger charge is -2.15. The summed E-state index contributed by atoms with van der Waals surface area (Å²) >= 11 is 3.01. The van der Waals surface area contributed by atoms with E-state index in [0.717, 1.165) is 16.3 Å². The summed E-state index contributed by atoms with van der Waals surface area (Å²) in [6.45, 7) is 0.677. The van der Waals surface area contributed by atoms with E-state index in [2.05, 4.69) is 11.1 Å². The highest BCUT2D eigenvalue weighted by atomic mass is 32.2.